The minimum absolute atomic E-state index is 0.00401. The van der Waals surface area contributed by atoms with E-state index < -0.39 is 8.07 Å². The summed E-state index contributed by atoms with van der Waals surface area (Å²) in [6.45, 7) is 20.5. The molecule has 0 radical (unpaired) electrons. The monoisotopic (exact) mass is 708 g/mol. The molecule has 0 spiro atoms. The Bertz CT molecular complexity index is 2860. The van der Waals surface area contributed by atoms with Crippen LogP contribution in [0.4, 0.5) is 0 Å². The summed E-state index contributed by atoms with van der Waals surface area (Å²) in [4.78, 5) is 5.13. The van der Waals surface area contributed by atoms with Crippen molar-refractivity contribution in [1.29, 1.82) is 0 Å². The van der Waals surface area contributed by atoms with Gasteiger partial charge < -0.3 is 4.42 Å². The number of rotatable bonds is 4. The van der Waals surface area contributed by atoms with Crippen molar-refractivity contribution in [2.24, 2.45) is 0 Å². The maximum Gasteiger partial charge on any atom is 0.299 e. The Morgan fingerprint density at radius 2 is 1.62 bits per heavy atom. The molecule has 0 saturated carbocycles. The van der Waals surface area contributed by atoms with Crippen LogP contribution >= 0.6 is 0 Å². The third-order valence-electron chi connectivity index (χ3n) is 11.9. The van der Waals surface area contributed by atoms with E-state index in [1.807, 2.05) is 0 Å². The molecule has 4 aromatic carbocycles. The van der Waals surface area contributed by atoms with Crippen LogP contribution in [0.5, 0.6) is 0 Å². The lowest BCUT2D eigenvalue weighted by Gasteiger charge is -2.33. The molecule has 260 valence electrons. The highest BCUT2D eigenvalue weighted by molar-refractivity contribution is 6.88. The highest BCUT2D eigenvalue weighted by atomic mass is 28.3. The molecule has 53 heavy (non-hydrogen) atoms. The van der Waals surface area contributed by atoms with E-state index in [-0.39, 0.29) is 18.0 Å². The van der Waals surface area contributed by atoms with Crippen molar-refractivity contribution in [3.63, 3.8) is 0 Å². The first-order chi connectivity index (χ1) is 25.5. The molecule has 0 saturated heterocycles. The fourth-order valence-corrected chi connectivity index (χ4v) is 10.7. The molecule has 5 nitrogen and oxygen atoms in total. The van der Waals surface area contributed by atoms with E-state index in [2.05, 4.69) is 177 Å². The summed E-state index contributed by atoms with van der Waals surface area (Å²) in [6.07, 6.45) is 4.63. The van der Waals surface area contributed by atoms with E-state index in [1.165, 1.54) is 44.1 Å². The van der Waals surface area contributed by atoms with E-state index in [1.54, 1.807) is 0 Å². The highest BCUT2D eigenvalue weighted by Gasteiger charge is 2.54. The van der Waals surface area contributed by atoms with E-state index in [0.29, 0.717) is 0 Å². The molecule has 0 aliphatic carbocycles. The number of aryl methyl sites for hydroxylation is 4. The van der Waals surface area contributed by atoms with Crippen LogP contribution in [0.2, 0.25) is 19.6 Å². The van der Waals surface area contributed by atoms with Crippen LogP contribution in [-0.4, -0.2) is 17.6 Å². The minimum atomic E-state index is -1.62. The summed E-state index contributed by atoms with van der Waals surface area (Å²) in [5, 5.41) is 3.79. The van der Waals surface area contributed by atoms with Gasteiger partial charge in [-0.05, 0) is 74.7 Å². The summed E-state index contributed by atoms with van der Waals surface area (Å²) in [5.41, 5.74) is 16.1. The van der Waals surface area contributed by atoms with Crippen molar-refractivity contribution in [3.05, 3.63) is 150 Å². The molecule has 0 fully saturated rings. The van der Waals surface area contributed by atoms with E-state index >= 15 is 0 Å². The number of hydrogen-bond acceptors (Lipinski definition) is 2. The Hall–Kier alpha value is -5.59. The maximum absolute atomic E-state index is 7.06. The molecular weight excluding hydrogens is 665 g/mol. The van der Waals surface area contributed by atoms with Gasteiger partial charge in [0, 0.05) is 39.3 Å². The topological polar surface area (TPSA) is 38.7 Å². The van der Waals surface area contributed by atoms with Crippen LogP contribution in [0.15, 0.2) is 120 Å². The van der Waals surface area contributed by atoms with Crippen molar-refractivity contribution in [1.82, 2.24) is 9.55 Å². The first-order valence-electron chi connectivity index (χ1n) is 18.8. The molecule has 4 aromatic heterocycles. The Kier molecular flexibility index (Phi) is 6.78. The van der Waals surface area contributed by atoms with Crippen molar-refractivity contribution in [2.45, 2.75) is 65.3 Å². The van der Waals surface area contributed by atoms with Crippen molar-refractivity contribution < 1.29 is 13.6 Å². The van der Waals surface area contributed by atoms with Crippen LogP contribution in [-0.2, 0) is 0 Å². The third-order valence-corrected chi connectivity index (χ3v) is 13.9. The number of para-hydroxylation sites is 1. The zero-order valence-electron chi connectivity index (χ0n) is 31.5. The lowest BCUT2D eigenvalue weighted by molar-refractivity contribution is -0.730. The smallest absolute Gasteiger partial charge is 0.299 e. The zero-order valence-corrected chi connectivity index (χ0v) is 32.5. The van der Waals surface area contributed by atoms with Crippen LogP contribution in [0.25, 0.3) is 61.3 Å². The second-order valence-corrected chi connectivity index (χ2v) is 21.4. The second-order valence-electron chi connectivity index (χ2n) is 16.3. The van der Waals surface area contributed by atoms with Gasteiger partial charge in [-0.1, -0.05) is 86.9 Å². The van der Waals surface area contributed by atoms with E-state index in [0.717, 1.165) is 56.0 Å². The SMILES string of the molecule is C=CC1C(C2c3cc(C)c4c(oc5cc(C)ccc54)c3-c3n(-c4ccccc4)c4cc(C)nc(C)c4[n+]32)c2ccccc2-c2ccc([Si](C)(C)C)c[n+]21. The number of imidazole rings is 1. The van der Waals surface area contributed by atoms with Gasteiger partial charge in [-0.15, -0.1) is 0 Å². The predicted molar refractivity (Wildman–Crippen MR) is 218 cm³/mol. The molecule has 0 amide bonds. The van der Waals surface area contributed by atoms with Gasteiger partial charge in [0.15, 0.2) is 28.9 Å². The summed E-state index contributed by atoms with van der Waals surface area (Å²) >= 11 is 0. The molecule has 10 rings (SSSR count). The Morgan fingerprint density at radius 3 is 2.40 bits per heavy atom. The summed E-state index contributed by atoms with van der Waals surface area (Å²) in [7, 11) is -1.62. The Morgan fingerprint density at radius 1 is 0.849 bits per heavy atom. The lowest BCUT2D eigenvalue weighted by Crippen LogP contribution is -2.55. The van der Waals surface area contributed by atoms with Crippen molar-refractivity contribution in [2.75, 3.05) is 0 Å². The molecule has 0 N–H and O–H groups in total. The Labute approximate surface area is 311 Å². The standard InChI is InChI=1S/C47H44N4OSi/c1-9-37-42(34-18-14-13-17-33(34)38-22-20-32(26-49(37)38)53(6,7)8)45-36-24-28(3)41-35-21-19-27(2)23-40(35)52-46(41)43(36)47-50(31-15-11-10-12-16-31)39-25-29(4)48-30(5)44(39)51(45)47/h9-26,37,42,45H,1H2,2-8H3/q+2. The van der Waals surface area contributed by atoms with Crippen molar-refractivity contribution in [3.8, 4) is 28.3 Å². The summed E-state index contributed by atoms with van der Waals surface area (Å²) < 4.78 is 14.7. The molecule has 3 unspecified atom stereocenters. The first kappa shape index (κ1) is 32.1. The highest BCUT2D eigenvalue weighted by Crippen LogP contribution is 2.54. The largest absolute Gasteiger partial charge is 0.455 e. The van der Waals surface area contributed by atoms with Gasteiger partial charge in [-0.2, -0.15) is 9.13 Å². The number of fused-ring (bicyclic) bond motifs is 12. The van der Waals surface area contributed by atoms with Crippen LogP contribution in [0.1, 0.15) is 51.6 Å². The number of aromatic nitrogens is 4. The normalized spacial score (nSPS) is 17.6. The molecule has 2 aliphatic heterocycles. The third kappa shape index (κ3) is 4.45. The quantitative estimate of drug-likeness (QED) is 0.104. The average molecular weight is 709 g/mol. The second kappa shape index (κ2) is 11.2. The number of allylic oxidation sites excluding steroid dienone is 1. The van der Waals surface area contributed by atoms with Crippen LogP contribution in [0.3, 0.4) is 0 Å². The fourth-order valence-electron chi connectivity index (χ4n) is 9.61. The number of pyridine rings is 2. The van der Waals surface area contributed by atoms with Gasteiger partial charge in [0.1, 0.15) is 22.9 Å². The molecule has 0 bridgehead atoms. The predicted octanol–water partition coefficient (Wildman–Crippen LogP) is 10.0. The van der Waals surface area contributed by atoms with Gasteiger partial charge in [0.25, 0.3) is 5.82 Å². The molecule has 6 heteroatoms. The number of hydrogen-bond donors (Lipinski definition) is 0. The van der Waals surface area contributed by atoms with Gasteiger partial charge in [-0.25, -0.2) is 4.57 Å². The Balaban J connectivity index is 1.39. The number of nitrogens with zero attached hydrogens (tertiary/aromatic N) is 4. The zero-order chi connectivity index (χ0) is 36.5. The molecule has 2 aliphatic rings. The summed E-state index contributed by atoms with van der Waals surface area (Å²) in [5.74, 6) is 1.16. The van der Waals surface area contributed by atoms with Gasteiger partial charge in [0.05, 0.1) is 25.2 Å². The summed E-state index contributed by atoms with van der Waals surface area (Å²) in [6, 6.07) is 35.8. The van der Waals surface area contributed by atoms with Crippen molar-refractivity contribution >= 4 is 46.2 Å². The van der Waals surface area contributed by atoms with Gasteiger partial charge in [-0.3, -0.25) is 4.98 Å². The van der Waals surface area contributed by atoms with E-state index in [9.17, 15) is 0 Å². The fraction of sp³-hybridized carbons (Fsp3) is 0.213. The molecular formula is C47H44N4OSi+2. The van der Waals surface area contributed by atoms with Crippen LogP contribution in [0, 0.1) is 27.7 Å². The van der Waals surface area contributed by atoms with Crippen LogP contribution < -0.4 is 14.3 Å². The van der Waals surface area contributed by atoms with E-state index in [4.69, 9.17) is 9.40 Å². The molecule has 3 atom stereocenters. The van der Waals surface area contributed by atoms with Gasteiger partial charge >= 0.3 is 0 Å². The lowest BCUT2D eigenvalue weighted by atomic mass is 9.76. The number of furan rings is 1. The maximum atomic E-state index is 7.06. The number of benzene rings is 4. The minimum Gasteiger partial charge on any atom is -0.455 e. The molecule has 6 heterocycles. The molecule has 8 aromatic rings. The average Bonchev–Trinajstić information content (AvgIpc) is 3.77. The first-order valence-corrected chi connectivity index (χ1v) is 22.3. The van der Waals surface area contributed by atoms with Gasteiger partial charge in [0.2, 0.25) is 5.69 Å².